The van der Waals surface area contributed by atoms with E-state index in [1.807, 2.05) is 6.07 Å². The van der Waals surface area contributed by atoms with E-state index < -0.39 is 17.8 Å². The number of nitrogens with one attached hydrogen (secondary N) is 2. The molecule has 7 heteroatoms. The summed E-state index contributed by atoms with van der Waals surface area (Å²) in [6, 6.07) is 10.3. The van der Waals surface area contributed by atoms with Crippen molar-refractivity contribution >= 4 is 27.5 Å². The quantitative estimate of drug-likeness (QED) is 0.859. The van der Waals surface area contributed by atoms with Gasteiger partial charge in [0.1, 0.15) is 12.0 Å². The Balaban J connectivity index is 1.68. The van der Waals surface area contributed by atoms with Crippen LogP contribution in [0.3, 0.4) is 0 Å². The molecule has 118 valence electrons. The third-order valence-corrected chi connectivity index (χ3v) is 3.97. The van der Waals surface area contributed by atoms with Crippen molar-refractivity contribution in [1.29, 1.82) is 0 Å². The molecule has 2 N–H and O–H groups in total. The molecule has 0 radical (unpaired) electrons. The van der Waals surface area contributed by atoms with Crippen molar-refractivity contribution in [3.63, 3.8) is 0 Å². The predicted octanol–water partition coefficient (Wildman–Crippen LogP) is 3.32. The Labute approximate surface area is 139 Å². The standard InChI is InChI=1S/C16H12BrF2N3O/c17-12-4-2-1-3-11(12)16(23)20-15-7-8-22(21-15)14-6-5-10(18)9-13(14)19/h1-9,15,21H,(H,20,23). The van der Waals surface area contributed by atoms with E-state index in [4.69, 9.17) is 0 Å². The lowest BCUT2D eigenvalue weighted by Crippen LogP contribution is -2.46. The molecule has 1 atom stereocenters. The normalized spacial score (nSPS) is 16.7. The number of hydrogen-bond acceptors (Lipinski definition) is 3. The molecule has 1 amide bonds. The van der Waals surface area contributed by atoms with Gasteiger partial charge in [-0.2, -0.15) is 0 Å². The Kier molecular flexibility index (Phi) is 4.40. The van der Waals surface area contributed by atoms with E-state index in [0.29, 0.717) is 10.0 Å². The van der Waals surface area contributed by atoms with Gasteiger partial charge in [0.2, 0.25) is 0 Å². The molecule has 0 saturated heterocycles. The van der Waals surface area contributed by atoms with Gasteiger partial charge < -0.3 is 5.32 Å². The van der Waals surface area contributed by atoms with Crippen LogP contribution in [0.2, 0.25) is 0 Å². The summed E-state index contributed by atoms with van der Waals surface area (Å²) in [4.78, 5) is 12.2. The second-order valence-corrected chi connectivity index (χ2v) is 5.72. The minimum atomic E-state index is -0.695. The Morgan fingerprint density at radius 3 is 2.74 bits per heavy atom. The predicted molar refractivity (Wildman–Crippen MR) is 86.5 cm³/mol. The van der Waals surface area contributed by atoms with Crippen LogP contribution in [0, 0.1) is 11.6 Å². The second-order valence-electron chi connectivity index (χ2n) is 4.87. The third-order valence-electron chi connectivity index (χ3n) is 3.28. The van der Waals surface area contributed by atoms with Crippen LogP contribution in [0.5, 0.6) is 0 Å². The van der Waals surface area contributed by atoms with E-state index in [2.05, 4.69) is 26.7 Å². The SMILES string of the molecule is O=C(NC1C=CN(c2ccc(F)cc2F)N1)c1ccccc1Br. The lowest BCUT2D eigenvalue weighted by molar-refractivity contribution is 0.0939. The fourth-order valence-corrected chi connectivity index (χ4v) is 2.64. The van der Waals surface area contributed by atoms with Gasteiger partial charge in [-0.1, -0.05) is 12.1 Å². The number of rotatable bonds is 3. The molecule has 2 aromatic rings. The summed E-state index contributed by atoms with van der Waals surface area (Å²) in [5.41, 5.74) is 3.56. The van der Waals surface area contributed by atoms with Gasteiger partial charge in [-0.25, -0.2) is 14.2 Å². The Hall–Kier alpha value is -2.25. The number of carbonyl (C=O) groups is 1. The average molecular weight is 380 g/mol. The molecular formula is C16H12BrF2N3O. The van der Waals surface area contributed by atoms with Gasteiger partial charge in [-0.15, -0.1) is 0 Å². The van der Waals surface area contributed by atoms with Crippen LogP contribution in [-0.2, 0) is 0 Å². The van der Waals surface area contributed by atoms with Crippen LogP contribution < -0.4 is 15.8 Å². The van der Waals surface area contributed by atoms with E-state index in [1.54, 1.807) is 30.5 Å². The van der Waals surface area contributed by atoms with Crippen LogP contribution in [0.15, 0.2) is 59.2 Å². The highest BCUT2D eigenvalue weighted by Gasteiger charge is 2.21. The topological polar surface area (TPSA) is 44.4 Å². The highest BCUT2D eigenvalue weighted by Crippen LogP contribution is 2.21. The molecule has 4 nitrogen and oxygen atoms in total. The molecule has 0 spiro atoms. The maximum atomic E-state index is 13.8. The zero-order chi connectivity index (χ0) is 16.4. The highest BCUT2D eigenvalue weighted by atomic mass is 79.9. The Morgan fingerprint density at radius 1 is 1.22 bits per heavy atom. The lowest BCUT2D eigenvalue weighted by Gasteiger charge is -2.21. The molecule has 1 heterocycles. The lowest BCUT2D eigenvalue weighted by atomic mass is 10.2. The molecule has 3 rings (SSSR count). The number of carbonyl (C=O) groups excluding carboxylic acids is 1. The van der Waals surface area contributed by atoms with Gasteiger partial charge in [-0.05, 0) is 46.3 Å². The summed E-state index contributed by atoms with van der Waals surface area (Å²) in [7, 11) is 0. The number of anilines is 1. The van der Waals surface area contributed by atoms with Crippen LogP contribution in [0.25, 0.3) is 0 Å². The van der Waals surface area contributed by atoms with Crippen LogP contribution >= 0.6 is 15.9 Å². The first kappa shape index (κ1) is 15.6. The Morgan fingerprint density at radius 2 is 2.00 bits per heavy atom. The first-order valence-electron chi connectivity index (χ1n) is 6.79. The van der Waals surface area contributed by atoms with Gasteiger partial charge in [0, 0.05) is 16.7 Å². The molecule has 0 fully saturated rings. The van der Waals surface area contributed by atoms with Crippen molar-refractivity contribution in [1.82, 2.24) is 10.7 Å². The summed E-state index contributed by atoms with van der Waals surface area (Å²) in [6.07, 6.45) is 2.73. The zero-order valence-electron chi connectivity index (χ0n) is 11.8. The van der Waals surface area contributed by atoms with Gasteiger partial charge in [0.15, 0.2) is 5.82 Å². The molecule has 0 saturated carbocycles. The summed E-state index contributed by atoms with van der Waals surface area (Å²) in [6.45, 7) is 0. The largest absolute Gasteiger partial charge is 0.332 e. The van der Waals surface area contributed by atoms with Crippen molar-refractivity contribution in [2.45, 2.75) is 6.17 Å². The smallest absolute Gasteiger partial charge is 0.253 e. The van der Waals surface area contributed by atoms with E-state index >= 15 is 0 Å². The van der Waals surface area contributed by atoms with Crippen molar-refractivity contribution in [2.24, 2.45) is 0 Å². The van der Waals surface area contributed by atoms with Crippen LogP contribution in [0.4, 0.5) is 14.5 Å². The first-order chi connectivity index (χ1) is 11.0. The molecule has 1 aliphatic heterocycles. The number of halogens is 3. The number of benzene rings is 2. The van der Waals surface area contributed by atoms with Crippen molar-refractivity contribution < 1.29 is 13.6 Å². The number of hydrazine groups is 1. The average Bonchev–Trinajstić information content (AvgIpc) is 2.95. The summed E-state index contributed by atoms with van der Waals surface area (Å²) in [5.74, 6) is -1.62. The van der Waals surface area contributed by atoms with Crippen LogP contribution in [0.1, 0.15) is 10.4 Å². The molecular weight excluding hydrogens is 368 g/mol. The first-order valence-corrected chi connectivity index (χ1v) is 7.58. The van der Waals surface area contributed by atoms with Crippen molar-refractivity contribution in [2.75, 3.05) is 5.01 Å². The third kappa shape index (κ3) is 3.40. The van der Waals surface area contributed by atoms with E-state index in [9.17, 15) is 13.6 Å². The molecule has 0 bridgehead atoms. The second kappa shape index (κ2) is 6.47. The summed E-state index contributed by atoms with van der Waals surface area (Å²) in [5, 5.41) is 4.15. The highest BCUT2D eigenvalue weighted by molar-refractivity contribution is 9.10. The van der Waals surface area contributed by atoms with E-state index in [1.165, 1.54) is 17.1 Å². The molecule has 23 heavy (non-hydrogen) atoms. The number of hydrogen-bond donors (Lipinski definition) is 2. The molecule has 2 aromatic carbocycles. The summed E-state index contributed by atoms with van der Waals surface area (Å²) >= 11 is 3.32. The van der Waals surface area contributed by atoms with Gasteiger partial charge in [0.25, 0.3) is 5.91 Å². The van der Waals surface area contributed by atoms with Gasteiger partial charge in [0.05, 0.1) is 11.3 Å². The van der Waals surface area contributed by atoms with Gasteiger partial charge in [-0.3, -0.25) is 9.80 Å². The molecule has 1 aliphatic rings. The minimum Gasteiger partial charge on any atom is -0.332 e. The monoisotopic (exact) mass is 379 g/mol. The molecule has 0 aromatic heterocycles. The fraction of sp³-hybridized carbons (Fsp3) is 0.0625. The molecule has 1 unspecified atom stereocenters. The minimum absolute atomic E-state index is 0.167. The number of nitrogens with zero attached hydrogens (tertiary/aromatic N) is 1. The van der Waals surface area contributed by atoms with Crippen molar-refractivity contribution in [3.8, 4) is 0 Å². The zero-order valence-corrected chi connectivity index (χ0v) is 13.3. The van der Waals surface area contributed by atoms with Gasteiger partial charge >= 0.3 is 0 Å². The van der Waals surface area contributed by atoms with Crippen molar-refractivity contribution in [3.05, 3.63) is 76.4 Å². The molecule has 0 aliphatic carbocycles. The number of amides is 1. The van der Waals surface area contributed by atoms with E-state index in [-0.39, 0.29) is 11.6 Å². The maximum Gasteiger partial charge on any atom is 0.253 e. The summed E-state index contributed by atoms with van der Waals surface area (Å²) < 4.78 is 27.4. The fourth-order valence-electron chi connectivity index (χ4n) is 2.18. The Bertz CT molecular complexity index is 782. The van der Waals surface area contributed by atoms with Crippen LogP contribution in [-0.4, -0.2) is 12.1 Å². The maximum absolute atomic E-state index is 13.8. The van der Waals surface area contributed by atoms with E-state index in [0.717, 1.165) is 6.07 Å².